The highest BCUT2D eigenvalue weighted by Gasteiger charge is 2.28. The average Bonchev–Trinajstić information content (AvgIpc) is 2.58. The summed E-state index contributed by atoms with van der Waals surface area (Å²) in [6.07, 6.45) is 1.23. The Labute approximate surface area is 140 Å². The van der Waals surface area contributed by atoms with Crippen LogP contribution in [0.5, 0.6) is 0 Å². The number of amides is 1. The van der Waals surface area contributed by atoms with E-state index in [0.29, 0.717) is 12.8 Å². The minimum atomic E-state index is -0.957. The predicted octanol–water partition coefficient (Wildman–Crippen LogP) is -0.549. The van der Waals surface area contributed by atoms with Gasteiger partial charge in [0.25, 0.3) is 0 Å². The Kier molecular flexibility index (Phi) is 8.85. The molecule has 1 aliphatic rings. The number of ether oxygens (including phenoxy) is 2. The first kappa shape index (κ1) is 20.0. The number of carbonyl (C=O) groups is 3. The molecule has 134 valence electrons. The van der Waals surface area contributed by atoms with E-state index in [1.54, 1.807) is 6.92 Å². The Morgan fingerprint density at radius 1 is 1.38 bits per heavy atom. The Morgan fingerprint density at radius 2 is 2.04 bits per heavy atom. The van der Waals surface area contributed by atoms with Gasteiger partial charge in [-0.25, -0.2) is 4.79 Å². The normalized spacial score (nSPS) is 17.2. The van der Waals surface area contributed by atoms with E-state index in [4.69, 9.17) is 15.0 Å². The molecule has 0 aromatic rings. The third-order valence-corrected chi connectivity index (χ3v) is 3.77. The van der Waals surface area contributed by atoms with Crippen LogP contribution >= 0.6 is 0 Å². The second-order valence-electron chi connectivity index (χ2n) is 5.57. The topological polar surface area (TPSA) is 130 Å². The summed E-state index contributed by atoms with van der Waals surface area (Å²) in [7, 11) is 1.38. The molecule has 24 heavy (non-hydrogen) atoms. The zero-order valence-electron chi connectivity index (χ0n) is 14.0. The Balaban J connectivity index is 2.66. The molecule has 1 aliphatic heterocycles. The number of piperidine rings is 1. The van der Waals surface area contributed by atoms with Crippen molar-refractivity contribution in [2.45, 2.75) is 50.9 Å². The molecule has 0 aromatic heterocycles. The molecule has 9 nitrogen and oxygen atoms in total. The number of methoxy groups -OCH3 is 1. The van der Waals surface area contributed by atoms with E-state index in [2.05, 4.69) is 15.4 Å². The minimum Gasteiger partial charge on any atom is -0.461 e. The summed E-state index contributed by atoms with van der Waals surface area (Å²) in [6, 6.07) is -0.957. The number of hydrogen-bond acceptors (Lipinski definition) is 6. The molecule has 0 bridgehead atoms. The highest BCUT2D eigenvalue weighted by molar-refractivity contribution is 6.25. The average molecular weight is 340 g/mol. The molecule has 0 unspecified atom stereocenters. The highest BCUT2D eigenvalue weighted by atomic mass is 16.5. The van der Waals surface area contributed by atoms with E-state index < -0.39 is 29.8 Å². The number of esters is 1. The smallest absolute Gasteiger partial charge is 0.328 e. The Bertz CT molecular complexity index is 498. The lowest BCUT2D eigenvalue weighted by atomic mass is 10.1. The highest BCUT2D eigenvalue weighted by Crippen LogP contribution is 2.11. The fourth-order valence-electron chi connectivity index (χ4n) is 2.22. The van der Waals surface area contributed by atoms with Crippen LogP contribution in [0.15, 0.2) is 0 Å². The number of Topliss-reactive ketones (excluding diaryl/α,β-unsaturated/α-hetero) is 1. The SMILES string of the molecule is CO[C@H](C)C(=O)N[C@@H](CCC(=O)C=[N+]=[N-])C(=O)OC1CCNCC1. The van der Waals surface area contributed by atoms with Crippen molar-refractivity contribution in [2.75, 3.05) is 20.2 Å². The summed E-state index contributed by atoms with van der Waals surface area (Å²) in [5.74, 6) is -1.49. The number of ketones is 1. The van der Waals surface area contributed by atoms with Gasteiger partial charge in [-0.05, 0) is 39.3 Å². The molecule has 0 aromatic carbocycles. The minimum absolute atomic E-state index is 0.0524. The third-order valence-electron chi connectivity index (χ3n) is 3.77. The summed E-state index contributed by atoms with van der Waals surface area (Å²) < 4.78 is 10.3. The molecule has 1 amide bonds. The van der Waals surface area contributed by atoms with Gasteiger partial charge in [0.05, 0.1) is 0 Å². The van der Waals surface area contributed by atoms with Gasteiger partial charge in [0.15, 0.2) is 0 Å². The van der Waals surface area contributed by atoms with Crippen LogP contribution in [-0.4, -0.2) is 67.1 Å². The van der Waals surface area contributed by atoms with Crippen LogP contribution in [0, 0.1) is 0 Å². The molecule has 1 rings (SSSR count). The van der Waals surface area contributed by atoms with Crippen LogP contribution < -0.4 is 10.6 Å². The van der Waals surface area contributed by atoms with Crippen molar-refractivity contribution >= 4 is 23.9 Å². The molecule has 1 fully saturated rings. The first-order chi connectivity index (χ1) is 11.5. The van der Waals surface area contributed by atoms with E-state index >= 15 is 0 Å². The fraction of sp³-hybridized carbons (Fsp3) is 0.733. The quantitative estimate of drug-likeness (QED) is 0.251. The molecular weight excluding hydrogens is 316 g/mol. The largest absolute Gasteiger partial charge is 0.461 e. The molecule has 2 N–H and O–H groups in total. The zero-order valence-corrected chi connectivity index (χ0v) is 14.0. The van der Waals surface area contributed by atoms with Crippen LogP contribution in [0.4, 0.5) is 0 Å². The lowest BCUT2D eigenvalue weighted by molar-refractivity contribution is -0.155. The van der Waals surface area contributed by atoms with Gasteiger partial charge < -0.3 is 25.6 Å². The van der Waals surface area contributed by atoms with Gasteiger partial charge in [-0.15, -0.1) is 0 Å². The molecule has 0 aliphatic carbocycles. The molecule has 9 heteroatoms. The van der Waals surface area contributed by atoms with Gasteiger partial charge in [-0.2, -0.15) is 4.79 Å². The van der Waals surface area contributed by atoms with Gasteiger partial charge in [0.1, 0.15) is 18.2 Å². The van der Waals surface area contributed by atoms with Crippen LogP contribution in [0.25, 0.3) is 5.53 Å². The summed E-state index contributed by atoms with van der Waals surface area (Å²) in [6.45, 7) is 3.08. The van der Waals surface area contributed by atoms with Crippen LogP contribution in [0.2, 0.25) is 0 Å². The van der Waals surface area contributed by atoms with Gasteiger partial charge in [-0.1, -0.05) is 0 Å². The monoisotopic (exact) mass is 340 g/mol. The van der Waals surface area contributed by atoms with Crippen molar-refractivity contribution in [3.8, 4) is 0 Å². The zero-order chi connectivity index (χ0) is 17.9. The van der Waals surface area contributed by atoms with Crippen LogP contribution in [0.3, 0.4) is 0 Å². The summed E-state index contributed by atoms with van der Waals surface area (Å²) in [5, 5.41) is 5.71. The van der Waals surface area contributed by atoms with Gasteiger partial charge in [0, 0.05) is 13.5 Å². The van der Waals surface area contributed by atoms with Crippen molar-refractivity contribution in [3.05, 3.63) is 5.53 Å². The maximum Gasteiger partial charge on any atom is 0.328 e. The van der Waals surface area contributed by atoms with Crippen molar-refractivity contribution < 1.29 is 28.6 Å². The van der Waals surface area contributed by atoms with Gasteiger partial charge in [0.2, 0.25) is 11.7 Å². The molecular formula is C15H24N4O5. The Hall–Kier alpha value is -2.09. The van der Waals surface area contributed by atoms with Crippen molar-refractivity contribution in [3.63, 3.8) is 0 Å². The lowest BCUT2D eigenvalue weighted by Gasteiger charge is -2.26. The lowest BCUT2D eigenvalue weighted by Crippen LogP contribution is -2.47. The van der Waals surface area contributed by atoms with Crippen molar-refractivity contribution in [2.24, 2.45) is 0 Å². The van der Waals surface area contributed by atoms with E-state index in [9.17, 15) is 14.4 Å². The standard InChI is InChI=1S/C15H24N4O5/c1-10(23-2)14(21)19-13(4-3-11(20)9-18-16)15(22)24-12-5-7-17-8-6-12/h9-10,12-13,17H,3-8H2,1-2H3,(H,19,21)/t10-,13+/m1/s1. The molecule has 0 saturated carbocycles. The number of hydrogen-bond donors (Lipinski definition) is 2. The van der Waals surface area contributed by atoms with E-state index in [-0.39, 0.29) is 18.9 Å². The third kappa shape index (κ3) is 6.99. The molecule has 0 radical (unpaired) electrons. The number of rotatable bonds is 9. The molecule has 1 saturated heterocycles. The van der Waals surface area contributed by atoms with E-state index in [1.165, 1.54) is 7.11 Å². The summed E-state index contributed by atoms with van der Waals surface area (Å²) >= 11 is 0. The van der Waals surface area contributed by atoms with Gasteiger partial charge in [-0.3, -0.25) is 9.59 Å². The maximum absolute atomic E-state index is 12.3. The van der Waals surface area contributed by atoms with E-state index in [1.807, 2.05) is 0 Å². The summed E-state index contributed by atoms with van der Waals surface area (Å²) in [4.78, 5) is 38.4. The first-order valence-corrected chi connectivity index (χ1v) is 7.92. The Morgan fingerprint density at radius 3 is 2.62 bits per heavy atom. The first-order valence-electron chi connectivity index (χ1n) is 7.92. The maximum atomic E-state index is 12.3. The molecule has 2 atom stereocenters. The second kappa shape index (κ2) is 10.6. The van der Waals surface area contributed by atoms with Crippen molar-refractivity contribution in [1.82, 2.24) is 10.6 Å². The van der Waals surface area contributed by atoms with Crippen molar-refractivity contribution in [1.29, 1.82) is 0 Å². The molecule has 0 spiro atoms. The second-order valence-corrected chi connectivity index (χ2v) is 5.57. The predicted molar refractivity (Wildman–Crippen MR) is 84.3 cm³/mol. The van der Waals surface area contributed by atoms with Crippen LogP contribution in [0.1, 0.15) is 32.6 Å². The number of nitrogens with one attached hydrogen (secondary N) is 2. The number of nitrogens with zero attached hydrogens (tertiary/aromatic N) is 2. The molecule has 1 heterocycles. The van der Waals surface area contributed by atoms with E-state index in [0.717, 1.165) is 19.3 Å². The fourth-order valence-corrected chi connectivity index (χ4v) is 2.22. The summed E-state index contributed by atoms with van der Waals surface area (Å²) in [5.41, 5.74) is 8.34. The number of carbonyl (C=O) groups excluding carboxylic acids is 3. The van der Waals surface area contributed by atoms with Crippen LogP contribution in [-0.2, 0) is 23.9 Å². The van der Waals surface area contributed by atoms with Gasteiger partial charge >= 0.3 is 12.2 Å².